The van der Waals surface area contributed by atoms with Gasteiger partial charge in [0.1, 0.15) is 5.82 Å². The van der Waals surface area contributed by atoms with E-state index in [4.69, 9.17) is 10.6 Å². The molecule has 0 saturated carbocycles. The second kappa shape index (κ2) is 5.90. The molecule has 118 valence electrons. The van der Waals surface area contributed by atoms with Crippen molar-refractivity contribution in [1.29, 1.82) is 0 Å². The van der Waals surface area contributed by atoms with Crippen LogP contribution in [-0.2, 0) is 0 Å². The van der Waals surface area contributed by atoms with E-state index in [-0.39, 0.29) is 11.7 Å². The van der Waals surface area contributed by atoms with Crippen molar-refractivity contribution in [3.05, 3.63) is 40.4 Å². The van der Waals surface area contributed by atoms with E-state index in [9.17, 15) is 9.90 Å². The number of nitrogens with zero attached hydrogens (tertiary/aromatic N) is 1. The number of carbonyl (C=O) groups is 1. The molecule has 0 aliphatic heterocycles. The van der Waals surface area contributed by atoms with Crippen LogP contribution in [0.3, 0.4) is 0 Å². The summed E-state index contributed by atoms with van der Waals surface area (Å²) < 4.78 is 5.63. The first-order valence-electron chi connectivity index (χ1n) is 6.61. The summed E-state index contributed by atoms with van der Waals surface area (Å²) in [5, 5.41) is 9.87. The Kier molecular flexibility index (Phi) is 3.93. The average Bonchev–Trinajstić information content (AvgIpc) is 2.99. The van der Waals surface area contributed by atoms with Crippen LogP contribution < -0.4 is 16.0 Å². The number of rotatable bonds is 3. The molecule has 2 aromatic carbocycles. The lowest BCUT2D eigenvalue weighted by molar-refractivity contribution is 0.0954. The van der Waals surface area contributed by atoms with E-state index >= 15 is 0 Å². The fourth-order valence-electron chi connectivity index (χ4n) is 2.24. The summed E-state index contributed by atoms with van der Waals surface area (Å²) in [4.78, 5) is 19.2. The summed E-state index contributed by atoms with van der Waals surface area (Å²) in [5.41, 5.74) is 4.65. The monoisotopic (exact) mass is 376 g/mol. The highest BCUT2D eigenvalue weighted by Gasteiger charge is 2.13. The molecule has 0 fully saturated rings. The molecule has 1 amide bonds. The number of phenolic OH excluding ortho intramolecular Hbond substituents is 1. The van der Waals surface area contributed by atoms with Crippen LogP contribution in [0.25, 0.3) is 22.4 Å². The Morgan fingerprint density at radius 1 is 1.39 bits per heavy atom. The number of nitrogens with one attached hydrogen (secondary N) is 2. The Labute approximate surface area is 139 Å². The number of H-pyrrole nitrogens is 1. The predicted molar refractivity (Wildman–Crippen MR) is 89.1 cm³/mol. The van der Waals surface area contributed by atoms with E-state index in [1.807, 2.05) is 0 Å². The number of aromatic nitrogens is 2. The Hall–Kier alpha value is -2.58. The maximum Gasteiger partial charge on any atom is 0.265 e. The zero-order chi connectivity index (χ0) is 16.6. The number of nitrogen functional groups attached to an aromatic ring is 1. The van der Waals surface area contributed by atoms with Crippen LogP contribution in [0, 0.1) is 0 Å². The fourth-order valence-corrected chi connectivity index (χ4v) is 2.68. The van der Waals surface area contributed by atoms with Crippen molar-refractivity contribution in [2.24, 2.45) is 5.84 Å². The molecule has 3 aromatic rings. The summed E-state index contributed by atoms with van der Waals surface area (Å²) in [6.07, 6.45) is 0. The average molecular weight is 377 g/mol. The zero-order valence-corrected chi connectivity index (χ0v) is 13.6. The van der Waals surface area contributed by atoms with Crippen molar-refractivity contribution in [2.45, 2.75) is 0 Å². The van der Waals surface area contributed by atoms with E-state index in [0.29, 0.717) is 32.6 Å². The number of nitrogens with two attached hydrogens (primary N) is 1. The van der Waals surface area contributed by atoms with Gasteiger partial charge in [-0.25, -0.2) is 10.8 Å². The van der Waals surface area contributed by atoms with Gasteiger partial charge >= 0.3 is 0 Å². The van der Waals surface area contributed by atoms with Crippen molar-refractivity contribution in [3.63, 3.8) is 0 Å². The van der Waals surface area contributed by atoms with Crippen LogP contribution in [0.4, 0.5) is 0 Å². The molecule has 8 heteroatoms. The number of methoxy groups -OCH3 is 1. The number of amides is 1. The van der Waals surface area contributed by atoms with Gasteiger partial charge in [-0.2, -0.15) is 0 Å². The highest BCUT2D eigenvalue weighted by atomic mass is 79.9. The molecule has 1 aromatic heterocycles. The van der Waals surface area contributed by atoms with Crippen molar-refractivity contribution >= 4 is 32.9 Å². The quantitative estimate of drug-likeness (QED) is 0.318. The number of hydrazine groups is 1. The summed E-state index contributed by atoms with van der Waals surface area (Å²) in [6, 6.07) is 8.43. The fraction of sp³-hybridized carbons (Fsp3) is 0.0667. The first-order valence-corrected chi connectivity index (χ1v) is 7.40. The molecule has 0 aliphatic rings. The summed E-state index contributed by atoms with van der Waals surface area (Å²) in [6.45, 7) is 0. The molecule has 0 aliphatic carbocycles. The van der Waals surface area contributed by atoms with E-state index in [1.54, 1.807) is 30.3 Å². The number of ether oxygens (including phenoxy) is 1. The first kappa shape index (κ1) is 15.3. The van der Waals surface area contributed by atoms with Gasteiger partial charge in [0.05, 0.1) is 22.6 Å². The standard InChI is InChI=1S/C15H13BrN4O3/c1-23-12-6-8(4-9(16)13(12)21)14-18-10-3-2-7(15(22)20-17)5-11(10)19-14/h2-6,21H,17H2,1H3,(H,18,19)(H,20,22). The Morgan fingerprint density at radius 2 is 2.17 bits per heavy atom. The molecule has 3 rings (SSSR count). The van der Waals surface area contributed by atoms with Gasteiger partial charge in [-0.05, 0) is 46.3 Å². The second-order valence-electron chi connectivity index (χ2n) is 4.80. The van der Waals surface area contributed by atoms with Crippen molar-refractivity contribution in [3.8, 4) is 22.9 Å². The van der Waals surface area contributed by atoms with Crippen molar-refractivity contribution < 1.29 is 14.6 Å². The second-order valence-corrected chi connectivity index (χ2v) is 5.65. The molecular weight excluding hydrogens is 364 g/mol. The number of benzene rings is 2. The van der Waals surface area contributed by atoms with E-state index in [2.05, 4.69) is 31.3 Å². The number of phenols is 1. The third-order valence-electron chi connectivity index (χ3n) is 3.40. The molecule has 7 nitrogen and oxygen atoms in total. The zero-order valence-electron chi connectivity index (χ0n) is 12.1. The molecule has 0 saturated heterocycles. The number of aromatic hydroxyl groups is 1. The number of hydrogen-bond acceptors (Lipinski definition) is 5. The van der Waals surface area contributed by atoms with Gasteiger partial charge in [-0.3, -0.25) is 10.2 Å². The highest BCUT2D eigenvalue weighted by molar-refractivity contribution is 9.10. The largest absolute Gasteiger partial charge is 0.503 e. The lowest BCUT2D eigenvalue weighted by Crippen LogP contribution is -2.29. The minimum Gasteiger partial charge on any atom is -0.503 e. The van der Waals surface area contributed by atoms with Crippen LogP contribution in [0.2, 0.25) is 0 Å². The minimum atomic E-state index is -0.378. The van der Waals surface area contributed by atoms with Crippen LogP contribution >= 0.6 is 15.9 Å². The number of halogens is 1. The van der Waals surface area contributed by atoms with Gasteiger partial charge in [0.15, 0.2) is 11.5 Å². The third kappa shape index (κ3) is 2.73. The Morgan fingerprint density at radius 3 is 2.87 bits per heavy atom. The van der Waals surface area contributed by atoms with Gasteiger partial charge in [-0.15, -0.1) is 0 Å². The molecule has 1 heterocycles. The van der Waals surface area contributed by atoms with Crippen LogP contribution in [0.15, 0.2) is 34.8 Å². The normalized spacial score (nSPS) is 10.7. The Balaban J connectivity index is 2.10. The van der Waals surface area contributed by atoms with Gasteiger partial charge in [-0.1, -0.05) is 0 Å². The molecule has 0 radical (unpaired) electrons. The maximum absolute atomic E-state index is 11.6. The first-order chi connectivity index (χ1) is 11.0. The lowest BCUT2D eigenvalue weighted by Gasteiger charge is -2.07. The molecule has 0 spiro atoms. The third-order valence-corrected chi connectivity index (χ3v) is 4.00. The van der Waals surface area contributed by atoms with E-state index in [1.165, 1.54) is 7.11 Å². The van der Waals surface area contributed by atoms with Crippen molar-refractivity contribution in [1.82, 2.24) is 15.4 Å². The molecule has 5 N–H and O–H groups in total. The number of fused-ring (bicyclic) bond motifs is 1. The number of aromatic amines is 1. The molecule has 0 bridgehead atoms. The smallest absolute Gasteiger partial charge is 0.265 e. The summed E-state index contributed by atoms with van der Waals surface area (Å²) >= 11 is 3.28. The number of hydrogen-bond donors (Lipinski definition) is 4. The maximum atomic E-state index is 11.6. The topological polar surface area (TPSA) is 113 Å². The SMILES string of the molecule is COc1cc(-c2nc3ccc(C(=O)NN)cc3[nH]2)cc(Br)c1O. The van der Waals surface area contributed by atoms with E-state index in [0.717, 1.165) is 5.56 Å². The van der Waals surface area contributed by atoms with Gasteiger partial charge in [0.25, 0.3) is 5.91 Å². The number of carbonyl (C=O) groups excluding carboxylic acids is 1. The molecular formula is C15H13BrN4O3. The minimum absolute atomic E-state index is 0.0225. The van der Waals surface area contributed by atoms with Crippen LogP contribution in [-0.4, -0.2) is 28.1 Å². The van der Waals surface area contributed by atoms with Crippen LogP contribution in [0.5, 0.6) is 11.5 Å². The molecule has 0 atom stereocenters. The Bertz CT molecular complexity index is 907. The lowest BCUT2D eigenvalue weighted by atomic mass is 10.2. The summed E-state index contributed by atoms with van der Waals surface area (Å²) in [7, 11) is 1.47. The van der Waals surface area contributed by atoms with E-state index < -0.39 is 0 Å². The summed E-state index contributed by atoms with van der Waals surface area (Å²) in [5.74, 6) is 5.70. The van der Waals surface area contributed by atoms with Gasteiger partial charge in [0, 0.05) is 11.1 Å². The van der Waals surface area contributed by atoms with Crippen LogP contribution in [0.1, 0.15) is 10.4 Å². The van der Waals surface area contributed by atoms with Crippen molar-refractivity contribution in [2.75, 3.05) is 7.11 Å². The highest BCUT2D eigenvalue weighted by Crippen LogP contribution is 2.38. The predicted octanol–water partition coefficient (Wildman–Crippen LogP) is 2.31. The van der Waals surface area contributed by atoms with Gasteiger partial charge < -0.3 is 14.8 Å². The number of imidazole rings is 1. The van der Waals surface area contributed by atoms with Gasteiger partial charge in [0.2, 0.25) is 0 Å². The molecule has 23 heavy (non-hydrogen) atoms. The molecule has 0 unspecified atom stereocenters.